The number of aromatic nitrogens is 1. The molecule has 2 aromatic carbocycles. The zero-order valence-electron chi connectivity index (χ0n) is 23.3. The fourth-order valence-electron chi connectivity index (χ4n) is 4.43. The van der Waals surface area contributed by atoms with Crippen molar-refractivity contribution >= 4 is 29.8 Å². The number of likely N-dealkylation sites (N-methyl/N-ethyl adjacent to an activating group) is 1. The third kappa shape index (κ3) is 6.98. The van der Waals surface area contributed by atoms with Crippen LogP contribution >= 0.6 is 0 Å². The smallest absolute Gasteiger partial charge is 0.321 e. The van der Waals surface area contributed by atoms with Crippen molar-refractivity contribution in [3.63, 3.8) is 0 Å². The lowest BCUT2D eigenvalue weighted by atomic mass is 10.00. The first-order chi connectivity index (χ1) is 19.3. The van der Waals surface area contributed by atoms with E-state index in [1.165, 1.54) is 0 Å². The zero-order chi connectivity index (χ0) is 28.6. The number of urea groups is 1. The number of ether oxygens (including phenoxy) is 2. The summed E-state index contributed by atoms with van der Waals surface area (Å²) in [4.78, 5) is 34.3. The number of pyridine rings is 1. The number of benzene rings is 2. The Morgan fingerprint density at radius 3 is 2.58 bits per heavy atom. The van der Waals surface area contributed by atoms with Crippen molar-refractivity contribution in [2.75, 3.05) is 39.2 Å². The molecule has 0 unspecified atom stereocenters. The number of aliphatic hydroxyl groups excluding tert-OH is 1. The number of hydrogen-bond acceptors (Lipinski definition) is 6. The summed E-state index contributed by atoms with van der Waals surface area (Å²) in [5, 5.41) is 12.8. The number of nitrogens with zero attached hydrogens (tertiary/aromatic N) is 3. The second-order valence-electron chi connectivity index (χ2n) is 10.0. The summed E-state index contributed by atoms with van der Waals surface area (Å²) in [6.45, 7) is 4.21. The van der Waals surface area contributed by atoms with Crippen molar-refractivity contribution in [3.05, 3.63) is 83.6 Å². The molecule has 3 atom stereocenters. The number of fused-ring (bicyclic) bond motifs is 1. The van der Waals surface area contributed by atoms with Gasteiger partial charge >= 0.3 is 6.03 Å². The van der Waals surface area contributed by atoms with Crippen molar-refractivity contribution in [3.8, 4) is 11.6 Å². The fourth-order valence-corrected chi connectivity index (χ4v) is 4.43. The second-order valence-corrected chi connectivity index (χ2v) is 10.0. The van der Waals surface area contributed by atoms with Gasteiger partial charge in [0, 0.05) is 31.4 Å². The molecule has 1 aliphatic heterocycles. The third-order valence-electron chi connectivity index (χ3n) is 6.95. The molecule has 40 heavy (non-hydrogen) atoms. The molecule has 4 rings (SSSR count). The number of anilines is 1. The number of aliphatic hydroxyl groups is 1. The summed E-state index contributed by atoms with van der Waals surface area (Å²) in [5.74, 6) is 0.499. The van der Waals surface area contributed by atoms with Gasteiger partial charge in [-0.05, 0) is 48.4 Å². The molecule has 2 N–H and O–H groups in total. The van der Waals surface area contributed by atoms with Crippen molar-refractivity contribution in [2.24, 2.45) is 5.92 Å². The first-order valence-corrected chi connectivity index (χ1v) is 13.3. The van der Waals surface area contributed by atoms with E-state index in [-0.39, 0.29) is 36.9 Å². The second kappa shape index (κ2) is 13.1. The molecule has 0 bridgehead atoms. The lowest BCUT2D eigenvalue weighted by Crippen LogP contribution is -2.50. The van der Waals surface area contributed by atoms with Crippen LogP contribution < -0.4 is 14.8 Å². The molecule has 0 radical (unpaired) electrons. The van der Waals surface area contributed by atoms with Crippen molar-refractivity contribution in [1.82, 2.24) is 14.8 Å². The van der Waals surface area contributed by atoms with E-state index < -0.39 is 12.1 Å². The average molecular weight is 545 g/mol. The molecule has 1 aliphatic rings. The Morgan fingerprint density at radius 1 is 1.20 bits per heavy atom. The van der Waals surface area contributed by atoms with Gasteiger partial charge in [-0.3, -0.25) is 4.79 Å². The highest BCUT2D eigenvalue weighted by Gasteiger charge is 2.34. The predicted octanol–water partition coefficient (Wildman–Crippen LogP) is 4.64. The quantitative estimate of drug-likeness (QED) is 0.428. The van der Waals surface area contributed by atoms with E-state index in [1.807, 2.05) is 56.3 Å². The summed E-state index contributed by atoms with van der Waals surface area (Å²) >= 11 is 0. The van der Waals surface area contributed by atoms with Gasteiger partial charge in [-0.15, -0.1) is 0 Å². The highest BCUT2D eigenvalue weighted by molar-refractivity contribution is 5.97. The molecule has 1 aromatic heterocycles. The molecule has 0 saturated carbocycles. The summed E-state index contributed by atoms with van der Waals surface area (Å²) in [5.41, 5.74) is 2.73. The van der Waals surface area contributed by atoms with E-state index in [0.717, 1.165) is 11.1 Å². The zero-order valence-corrected chi connectivity index (χ0v) is 23.3. The highest BCUT2D eigenvalue weighted by atomic mass is 16.5. The van der Waals surface area contributed by atoms with Gasteiger partial charge in [0.1, 0.15) is 17.4 Å². The molecule has 0 fully saturated rings. The van der Waals surface area contributed by atoms with Gasteiger partial charge in [-0.25, -0.2) is 9.78 Å². The molecule has 210 valence electrons. The molecule has 9 nitrogen and oxygen atoms in total. The number of amides is 3. The van der Waals surface area contributed by atoms with Gasteiger partial charge in [-0.2, -0.15) is 0 Å². The van der Waals surface area contributed by atoms with Gasteiger partial charge in [0.05, 0.1) is 26.3 Å². The molecular formula is C31H36N4O5. The Kier molecular flexibility index (Phi) is 9.39. The number of nitrogens with one attached hydrogen (secondary N) is 1. The van der Waals surface area contributed by atoms with E-state index in [0.29, 0.717) is 23.5 Å². The molecule has 3 aromatic rings. The number of hydrogen-bond donors (Lipinski definition) is 2. The van der Waals surface area contributed by atoms with Crippen molar-refractivity contribution in [1.29, 1.82) is 0 Å². The lowest BCUT2D eigenvalue weighted by molar-refractivity contribution is 0.0356. The predicted molar refractivity (Wildman–Crippen MR) is 155 cm³/mol. The van der Waals surface area contributed by atoms with E-state index >= 15 is 0 Å². The van der Waals surface area contributed by atoms with Crippen LogP contribution in [-0.4, -0.2) is 77.8 Å². The molecule has 3 amide bonds. The Hall–Kier alpha value is -4.37. The summed E-state index contributed by atoms with van der Waals surface area (Å²) in [6.07, 6.45) is 5.05. The number of carbonyl (C=O) groups excluding carboxylic acids is 2. The number of methoxy groups -OCH3 is 1. The molecule has 2 heterocycles. The molecule has 0 aliphatic carbocycles. The van der Waals surface area contributed by atoms with Gasteiger partial charge < -0.3 is 29.7 Å². The van der Waals surface area contributed by atoms with Crippen LogP contribution in [0, 0.1) is 5.92 Å². The SMILES string of the molecule is COc1ccc(NC(=O)N(C)C[C@@H]2Oc3ncc(/C=C/c4ccccc4)cc3C(=O)N([C@H](C)CO)C[C@@H]2C)cc1. The third-order valence-corrected chi connectivity index (χ3v) is 6.95. The maximum absolute atomic E-state index is 13.6. The van der Waals surface area contributed by atoms with Crippen LogP contribution in [0.5, 0.6) is 11.6 Å². The van der Waals surface area contributed by atoms with Crippen LogP contribution in [0.15, 0.2) is 66.9 Å². The van der Waals surface area contributed by atoms with E-state index in [1.54, 1.807) is 60.5 Å². The molecular weight excluding hydrogens is 508 g/mol. The van der Waals surface area contributed by atoms with Gasteiger partial charge in [0.25, 0.3) is 5.91 Å². The number of carbonyl (C=O) groups is 2. The number of rotatable bonds is 8. The minimum Gasteiger partial charge on any atom is -0.497 e. The van der Waals surface area contributed by atoms with Crippen LogP contribution in [0.25, 0.3) is 12.2 Å². The van der Waals surface area contributed by atoms with E-state index in [9.17, 15) is 14.7 Å². The van der Waals surface area contributed by atoms with E-state index in [4.69, 9.17) is 9.47 Å². The minimum absolute atomic E-state index is 0.151. The van der Waals surface area contributed by atoms with Crippen molar-refractivity contribution < 1.29 is 24.2 Å². The van der Waals surface area contributed by atoms with Crippen LogP contribution in [-0.2, 0) is 0 Å². The minimum atomic E-state index is -0.454. The Balaban J connectivity index is 1.57. The maximum atomic E-state index is 13.6. The first-order valence-electron chi connectivity index (χ1n) is 13.3. The first kappa shape index (κ1) is 28.6. The topological polar surface area (TPSA) is 104 Å². The lowest BCUT2D eigenvalue weighted by Gasteiger charge is -2.37. The fraction of sp³-hybridized carbons (Fsp3) is 0.323. The Labute approximate surface area is 235 Å². The summed E-state index contributed by atoms with van der Waals surface area (Å²) < 4.78 is 11.5. The van der Waals surface area contributed by atoms with Gasteiger partial charge in [-0.1, -0.05) is 49.4 Å². The normalized spacial score (nSPS) is 17.8. The van der Waals surface area contributed by atoms with Gasteiger partial charge in [0.2, 0.25) is 5.88 Å². The Morgan fingerprint density at radius 2 is 1.90 bits per heavy atom. The van der Waals surface area contributed by atoms with Crippen LogP contribution in [0.2, 0.25) is 0 Å². The summed E-state index contributed by atoms with van der Waals surface area (Å²) in [6, 6.07) is 18.0. The van der Waals surface area contributed by atoms with E-state index in [2.05, 4.69) is 10.3 Å². The van der Waals surface area contributed by atoms with Crippen LogP contribution in [0.1, 0.15) is 35.3 Å². The molecule has 9 heteroatoms. The standard InChI is InChI=1S/C31H36N4O5/c1-21-18-35(22(2)20-36)30(37)27-16-24(11-10-23-8-6-5-7-9-23)17-32-29(27)40-28(21)19-34(3)31(38)33-25-12-14-26(39-4)15-13-25/h5-17,21-22,28,36H,18-20H2,1-4H3,(H,33,38)/b11-10+/t21-,22+,28-/m0/s1. The monoisotopic (exact) mass is 544 g/mol. The Bertz CT molecular complexity index is 1330. The summed E-state index contributed by atoms with van der Waals surface area (Å²) in [7, 11) is 3.28. The van der Waals surface area contributed by atoms with Gasteiger partial charge in [0.15, 0.2) is 0 Å². The average Bonchev–Trinajstić information content (AvgIpc) is 2.98. The highest BCUT2D eigenvalue weighted by Crippen LogP contribution is 2.28. The van der Waals surface area contributed by atoms with Crippen LogP contribution in [0.4, 0.5) is 10.5 Å². The largest absolute Gasteiger partial charge is 0.497 e. The molecule has 0 saturated heterocycles. The molecule has 0 spiro atoms. The van der Waals surface area contributed by atoms with Crippen LogP contribution in [0.3, 0.4) is 0 Å². The van der Waals surface area contributed by atoms with Crippen molar-refractivity contribution in [2.45, 2.75) is 26.0 Å². The maximum Gasteiger partial charge on any atom is 0.321 e.